The Balaban J connectivity index is 1.03. The average molecular weight is 719 g/mol. The molecule has 51 heavy (non-hydrogen) atoms. The Kier molecular flexibility index (Phi) is 12.8. The molecule has 0 N–H and O–H groups in total. The van der Waals surface area contributed by atoms with Gasteiger partial charge < -0.3 is 22.4 Å². The van der Waals surface area contributed by atoms with E-state index in [1.807, 2.05) is 0 Å². The first-order chi connectivity index (χ1) is 24.9. The molecule has 0 amide bonds. The van der Waals surface area contributed by atoms with Crippen LogP contribution >= 0.6 is 0 Å². The van der Waals surface area contributed by atoms with Crippen LogP contribution in [0.25, 0.3) is 23.3 Å². The summed E-state index contributed by atoms with van der Waals surface area (Å²) in [7, 11) is -1.44. The molecule has 6 rings (SSSR count). The molecule has 0 aromatic heterocycles. The second-order valence-electron chi connectivity index (χ2n) is 14.1. The molecule has 0 aliphatic heterocycles. The fourth-order valence-electron chi connectivity index (χ4n) is 7.38. The molecule has 2 aliphatic rings. The Morgan fingerprint density at radius 2 is 0.941 bits per heavy atom. The van der Waals surface area contributed by atoms with Crippen molar-refractivity contribution in [1.82, 2.24) is 0 Å². The fourth-order valence-corrected chi connectivity index (χ4v) is 14.5. The van der Waals surface area contributed by atoms with Gasteiger partial charge in [-0.1, -0.05) is 84.9 Å². The minimum absolute atomic E-state index is 0.612. The zero-order valence-corrected chi connectivity index (χ0v) is 32.9. The van der Waals surface area contributed by atoms with E-state index in [2.05, 4.69) is 122 Å². The van der Waals surface area contributed by atoms with E-state index in [1.54, 1.807) is 14.2 Å². The molecule has 0 bridgehead atoms. The lowest BCUT2D eigenvalue weighted by atomic mass is 10.0. The summed E-state index contributed by atoms with van der Waals surface area (Å²) in [5.74, 6) is 1.92. The van der Waals surface area contributed by atoms with Gasteiger partial charge in [0.15, 0.2) is 0 Å². The summed E-state index contributed by atoms with van der Waals surface area (Å²) in [4.78, 5) is 0. The summed E-state index contributed by atoms with van der Waals surface area (Å²) in [6, 6.07) is 36.0. The highest BCUT2D eigenvalue weighted by Crippen LogP contribution is 2.36. The molecule has 0 spiro atoms. The van der Waals surface area contributed by atoms with Crippen molar-refractivity contribution in [2.75, 3.05) is 27.4 Å². The number of aryl methyl sites for hydroxylation is 2. The lowest BCUT2D eigenvalue weighted by Gasteiger charge is -2.35. The van der Waals surface area contributed by atoms with Crippen LogP contribution in [0.2, 0.25) is 25.2 Å². The largest absolute Gasteiger partial charge is 0.493 e. The van der Waals surface area contributed by atoms with Crippen LogP contribution in [-0.4, -0.2) is 44.6 Å². The van der Waals surface area contributed by atoms with Gasteiger partial charge in [-0.15, -0.1) is 0 Å². The van der Waals surface area contributed by atoms with Crippen LogP contribution in [0.5, 0.6) is 11.5 Å². The topological polar surface area (TPSA) is 46.2 Å². The number of benzene rings is 4. The Hall–Kier alpha value is -3.73. The second-order valence-corrected chi connectivity index (χ2v) is 21.3. The molecule has 268 valence electrons. The molecule has 4 aromatic carbocycles. The van der Waals surface area contributed by atoms with Crippen LogP contribution in [0.15, 0.2) is 97.1 Å². The first-order valence-electron chi connectivity index (χ1n) is 18.7. The number of fused-ring (bicyclic) bond motifs is 2. The zero-order valence-electron chi connectivity index (χ0n) is 30.9. The maximum Gasteiger partial charge on any atom is 0.326 e. The molecule has 2 aliphatic carbocycles. The minimum Gasteiger partial charge on any atom is -0.493 e. The predicted octanol–water partition coefficient (Wildman–Crippen LogP) is 11.1. The SMILES string of the molecule is CO[Si](C)(CCCOc1cccc2c1C=C(c1ccccc1)CCC2)O[Si](C)(CCCOc1cccc2c1C=C(c1ccccc1)CCC2)OC. The third-order valence-corrected chi connectivity index (χ3v) is 18.1. The van der Waals surface area contributed by atoms with Crippen LogP contribution in [0.3, 0.4) is 0 Å². The number of hydrogen-bond acceptors (Lipinski definition) is 5. The Morgan fingerprint density at radius 3 is 1.35 bits per heavy atom. The molecule has 0 saturated heterocycles. The highest BCUT2D eigenvalue weighted by molar-refractivity contribution is 6.80. The van der Waals surface area contributed by atoms with E-state index in [9.17, 15) is 0 Å². The van der Waals surface area contributed by atoms with Crippen molar-refractivity contribution >= 4 is 40.4 Å². The van der Waals surface area contributed by atoms with Crippen LogP contribution in [-0.2, 0) is 25.8 Å². The molecular formula is C44H54O5Si2. The van der Waals surface area contributed by atoms with Gasteiger partial charge in [-0.25, -0.2) is 0 Å². The average Bonchev–Trinajstić information content (AvgIpc) is 3.53. The number of ether oxygens (including phenoxy) is 2. The molecule has 2 atom stereocenters. The zero-order chi connectivity index (χ0) is 35.5. The monoisotopic (exact) mass is 718 g/mol. The van der Waals surface area contributed by atoms with Gasteiger partial charge in [0.25, 0.3) is 0 Å². The van der Waals surface area contributed by atoms with Crippen molar-refractivity contribution in [2.45, 2.75) is 76.5 Å². The quantitative estimate of drug-likeness (QED) is 0.0852. The molecule has 0 radical (unpaired) electrons. The molecule has 7 heteroatoms. The number of allylic oxidation sites excluding steroid dienone is 2. The molecule has 0 saturated carbocycles. The summed E-state index contributed by atoms with van der Waals surface area (Å²) in [6.45, 7) is 5.54. The van der Waals surface area contributed by atoms with Crippen molar-refractivity contribution in [2.24, 2.45) is 0 Å². The third-order valence-electron chi connectivity index (χ3n) is 10.4. The van der Waals surface area contributed by atoms with Crippen molar-refractivity contribution < 1.29 is 22.4 Å². The smallest absolute Gasteiger partial charge is 0.326 e. The third kappa shape index (κ3) is 9.79. The molecule has 0 heterocycles. The summed E-state index contributed by atoms with van der Waals surface area (Å²) in [5, 5.41) is 0. The van der Waals surface area contributed by atoms with Crippen molar-refractivity contribution in [3.63, 3.8) is 0 Å². The lowest BCUT2D eigenvalue weighted by molar-refractivity contribution is 0.230. The fraction of sp³-hybridized carbons (Fsp3) is 0.364. The van der Waals surface area contributed by atoms with E-state index in [4.69, 9.17) is 22.4 Å². The van der Waals surface area contributed by atoms with Gasteiger partial charge in [0.05, 0.1) is 13.2 Å². The standard InChI is InChI=1S/C44H54O5Si2/c1-45-50(3,31-15-29-47-43-27-13-23-37-21-11-25-39(33-41(37)43)35-17-7-5-8-18-35)49-51(4,46-2)32-16-30-48-44-28-14-24-38-22-12-26-40(34-42(38)44)36-19-9-6-10-20-36/h5-10,13-14,17-20,23-24,27-28,33-34H,11-12,15-16,21-22,25-26,29-32H2,1-4H3. The van der Waals surface area contributed by atoms with E-state index < -0.39 is 17.1 Å². The predicted molar refractivity (Wildman–Crippen MR) is 216 cm³/mol. The summed E-state index contributed by atoms with van der Waals surface area (Å²) in [6.07, 6.45) is 12.9. The second kappa shape index (κ2) is 17.7. The van der Waals surface area contributed by atoms with Crippen LogP contribution in [0, 0.1) is 0 Å². The van der Waals surface area contributed by atoms with Gasteiger partial charge in [0, 0.05) is 25.3 Å². The van der Waals surface area contributed by atoms with Crippen LogP contribution in [0.4, 0.5) is 0 Å². The lowest BCUT2D eigenvalue weighted by Crippen LogP contribution is -2.51. The summed E-state index contributed by atoms with van der Waals surface area (Å²) in [5.41, 5.74) is 10.5. The highest BCUT2D eigenvalue weighted by Gasteiger charge is 2.41. The van der Waals surface area contributed by atoms with Gasteiger partial charge in [-0.3, -0.25) is 0 Å². The Morgan fingerprint density at radius 1 is 0.510 bits per heavy atom. The Labute approximate surface area is 307 Å². The van der Waals surface area contributed by atoms with Crippen LogP contribution in [0.1, 0.15) is 71.9 Å². The minimum atomic E-state index is -2.50. The molecule has 2 unspecified atom stereocenters. The highest BCUT2D eigenvalue weighted by atomic mass is 28.5. The Bertz CT molecular complexity index is 1660. The van der Waals surface area contributed by atoms with E-state index >= 15 is 0 Å². The normalized spacial score (nSPS) is 16.6. The van der Waals surface area contributed by atoms with Crippen molar-refractivity contribution in [3.05, 3.63) is 130 Å². The van der Waals surface area contributed by atoms with Gasteiger partial charge in [0.1, 0.15) is 11.5 Å². The molecule has 0 fully saturated rings. The maximum atomic E-state index is 6.87. The van der Waals surface area contributed by atoms with E-state index in [0.717, 1.165) is 75.0 Å². The maximum absolute atomic E-state index is 6.87. The van der Waals surface area contributed by atoms with E-state index in [0.29, 0.717) is 13.2 Å². The van der Waals surface area contributed by atoms with Crippen molar-refractivity contribution in [1.29, 1.82) is 0 Å². The summed E-state index contributed by atoms with van der Waals surface area (Å²) < 4.78 is 32.1. The number of rotatable bonds is 16. The van der Waals surface area contributed by atoms with Gasteiger partial charge in [-0.05, 0) is 134 Å². The van der Waals surface area contributed by atoms with Gasteiger partial charge in [0.2, 0.25) is 0 Å². The molecule has 5 nitrogen and oxygen atoms in total. The van der Waals surface area contributed by atoms with Gasteiger partial charge >= 0.3 is 17.1 Å². The van der Waals surface area contributed by atoms with E-state index in [-0.39, 0.29) is 0 Å². The molecule has 4 aromatic rings. The number of hydrogen-bond donors (Lipinski definition) is 0. The first-order valence-corrected chi connectivity index (χ1v) is 23.8. The van der Waals surface area contributed by atoms with Gasteiger partial charge in [-0.2, -0.15) is 0 Å². The molecular weight excluding hydrogens is 665 g/mol. The van der Waals surface area contributed by atoms with Crippen molar-refractivity contribution in [3.8, 4) is 11.5 Å². The first kappa shape index (κ1) is 37.0. The van der Waals surface area contributed by atoms with E-state index in [1.165, 1.54) is 44.5 Å². The summed E-state index contributed by atoms with van der Waals surface area (Å²) >= 11 is 0. The van der Waals surface area contributed by atoms with Crippen LogP contribution < -0.4 is 9.47 Å².